The fourth-order valence-corrected chi connectivity index (χ4v) is 3.71. The average molecular weight is 394 g/mol. The summed E-state index contributed by atoms with van der Waals surface area (Å²) >= 11 is 6.23. The van der Waals surface area contributed by atoms with E-state index in [1.807, 2.05) is 18.2 Å². The van der Waals surface area contributed by atoms with E-state index in [-0.39, 0.29) is 5.91 Å². The molecule has 0 spiro atoms. The van der Waals surface area contributed by atoms with E-state index in [1.165, 1.54) is 0 Å². The van der Waals surface area contributed by atoms with Gasteiger partial charge in [0.25, 0.3) is 0 Å². The molecule has 5 rings (SSSR count). The van der Waals surface area contributed by atoms with E-state index in [4.69, 9.17) is 17.3 Å². The van der Waals surface area contributed by atoms with E-state index in [0.29, 0.717) is 41.0 Å². The number of carbonyl (C=O) groups is 1. The minimum absolute atomic E-state index is 0.346. The molecule has 28 heavy (non-hydrogen) atoms. The van der Waals surface area contributed by atoms with Crippen molar-refractivity contribution >= 4 is 39.7 Å². The lowest BCUT2D eigenvalue weighted by atomic mass is 9.97. The predicted molar refractivity (Wildman–Crippen MR) is 106 cm³/mol. The van der Waals surface area contributed by atoms with Crippen molar-refractivity contribution < 1.29 is 4.79 Å². The summed E-state index contributed by atoms with van der Waals surface area (Å²) < 4.78 is 1.57. The molecule has 4 heterocycles. The molecule has 0 aliphatic heterocycles. The second kappa shape index (κ2) is 5.87. The lowest BCUT2D eigenvalue weighted by Gasteiger charge is -2.13. The number of carbonyl (C=O) groups excluding carboxylic acids is 1. The first-order valence-corrected chi connectivity index (χ1v) is 9.20. The summed E-state index contributed by atoms with van der Waals surface area (Å²) in [6.45, 7) is 0. The summed E-state index contributed by atoms with van der Waals surface area (Å²) in [5.41, 5.74) is 7.00. The molecule has 1 aliphatic carbocycles. The van der Waals surface area contributed by atoms with Crippen molar-refractivity contribution in [2.75, 3.05) is 12.4 Å². The Hall–Kier alpha value is -3.26. The largest absolute Gasteiger partial charge is 0.373 e. The number of pyridine rings is 3. The molecule has 3 N–H and O–H groups in total. The average Bonchev–Trinajstić information content (AvgIpc) is 3.40. The summed E-state index contributed by atoms with van der Waals surface area (Å²) in [6, 6.07) is 7.30. The van der Waals surface area contributed by atoms with Crippen molar-refractivity contribution in [2.24, 2.45) is 5.73 Å². The van der Waals surface area contributed by atoms with Gasteiger partial charge in [0.15, 0.2) is 11.5 Å². The Morgan fingerprint density at radius 2 is 2.07 bits per heavy atom. The van der Waals surface area contributed by atoms with E-state index < -0.39 is 5.41 Å². The number of hydrogen-bond donors (Lipinski definition) is 2. The Balaban J connectivity index is 1.78. The number of nitrogens with two attached hydrogens (primary N) is 1. The number of aromatic nitrogens is 5. The molecule has 9 heteroatoms. The number of anilines is 1. The zero-order valence-electron chi connectivity index (χ0n) is 15.0. The normalized spacial score (nSPS) is 15.1. The molecule has 1 aliphatic rings. The van der Waals surface area contributed by atoms with Crippen LogP contribution in [0.4, 0.5) is 5.82 Å². The van der Waals surface area contributed by atoms with Gasteiger partial charge in [0.05, 0.1) is 11.1 Å². The van der Waals surface area contributed by atoms with Gasteiger partial charge in [-0.25, -0.2) is 14.5 Å². The molecule has 0 atom stereocenters. The molecular formula is C19H16ClN7O. The maximum Gasteiger partial charge on any atom is 0.229 e. The van der Waals surface area contributed by atoms with Gasteiger partial charge in [-0.3, -0.25) is 9.78 Å². The van der Waals surface area contributed by atoms with Crippen LogP contribution < -0.4 is 11.1 Å². The maximum atomic E-state index is 12.0. The van der Waals surface area contributed by atoms with Crippen molar-refractivity contribution in [2.45, 2.75) is 18.3 Å². The first-order chi connectivity index (χ1) is 13.5. The number of fused-ring (bicyclic) bond motifs is 2. The van der Waals surface area contributed by atoms with Crippen LogP contribution in [0.5, 0.6) is 0 Å². The third-order valence-corrected chi connectivity index (χ3v) is 5.56. The van der Waals surface area contributed by atoms with Gasteiger partial charge in [0.2, 0.25) is 5.91 Å². The topological polar surface area (TPSA) is 111 Å². The highest BCUT2D eigenvalue weighted by atomic mass is 35.5. The van der Waals surface area contributed by atoms with Gasteiger partial charge in [-0.2, -0.15) is 0 Å². The van der Waals surface area contributed by atoms with Gasteiger partial charge in [0.1, 0.15) is 11.0 Å². The van der Waals surface area contributed by atoms with Crippen LogP contribution in [0, 0.1) is 0 Å². The zero-order valence-corrected chi connectivity index (χ0v) is 15.7. The van der Waals surface area contributed by atoms with Crippen LogP contribution >= 0.6 is 11.6 Å². The molecule has 8 nitrogen and oxygen atoms in total. The highest BCUT2D eigenvalue weighted by molar-refractivity contribution is 6.29. The van der Waals surface area contributed by atoms with E-state index in [9.17, 15) is 4.79 Å². The molecule has 0 bridgehead atoms. The van der Waals surface area contributed by atoms with E-state index >= 15 is 0 Å². The van der Waals surface area contributed by atoms with Gasteiger partial charge in [-0.15, -0.1) is 5.10 Å². The highest BCUT2D eigenvalue weighted by Gasteiger charge is 2.51. The predicted octanol–water partition coefficient (Wildman–Crippen LogP) is 2.55. The number of nitrogens with one attached hydrogen (secondary N) is 1. The molecule has 4 aromatic rings. The smallest absolute Gasteiger partial charge is 0.229 e. The van der Waals surface area contributed by atoms with E-state index in [0.717, 1.165) is 16.3 Å². The van der Waals surface area contributed by atoms with Crippen molar-refractivity contribution in [3.05, 3.63) is 47.5 Å². The molecule has 4 aromatic heterocycles. The lowest BCUT2D eigenvalue weighted by molar-refractivity contribution is -0.120. The van der Waals surface area contributed by atoms with Crippen LogP contribution in [0.15, 0.2) is 36.7 Å². The molecule has 1 fully saturated rings. The van der Waals surface area contributed by atoms with Crippen LogP contribution in [-0.4, -0.2) is 37.5 Å². The number of amides is 1. The standard InChI is InChI=1S/C19H16ClN7O/c1-22-16-11-8-23-13(19(5-6-19)18(21)28)7-10(11)12(9-24-16)17-25-15-4-2-3-14(20)27(15)26-17/h2-4,7-9H,5-6H2,1H3,(H2,21,28)(H,22,24). The van der Waals surface area contributed by atoms with Gasteiger partial charge >= 0.3 is 0 Å². The fourth-order valence-electron chi connectivity index (χ4n) is 3.52. The molecule has 0 aromatic carbocycles. The number of primary amides is 1. The summed E-state index contributed by atoms with van der Waals surface area (Å²) in [5.74, 6) is 0.833. The SMILES string of the molecule is CNc1ncc(-c2nc3cccc(Cl)n3n2)c2cc(C3(C(N)=O)CC3)ncc12. The number of nitrogens with zero attached hydrogens (tertiary/aromatic N) is 5. The first-order valence-electron chi connectivity index (χ1n) is 8.82. The van der Waals surface area contributed by atoms with Gasteiger partial charge < -0.3 is 11.1 Å². The molecule has 1 saturated carbocycles. The number of rotatable bonds is 4. The third-order valence-electron chi connectivity index (χ3n) is 5.28. The third kappa shape index (κ3) is 2.34. The highest BCUT2D eigenvalue weighted by Crippen LogP contribution is 2.48. The van der Waals surface area contributed by atoms with Crippen molar-refractivity contribution in [1.29, 1.82) is 0 Å². The zero-order chi connectivity index (χ0) is 19.5. The summed E-state index contributed by atoms with van der Waals surface area (Å²) in [6.07, 6.45) is 4.86. The summed E-state index contributed by atoms with van der Waals surface area (Å²) in [7, 11) is 1.80. The molecule has 140 valence electrons. The number of halogens is 1. The lowest BCUT2D eigenvalue weighted by Crippen LogP contribution is -2.29. The summed E-state index contributed by atoms with van der Waals surface area (Å²) in [4.78, 5) is 25.5. The molecular weight excluding hydrogens is 378 g/mol. The van der Waals surface area contributed by atoms with Crippen LogP contribution in [0.25, 0.3) is 27.8 Å². The fraction of sp³-hybridized carbons (Fsp3) is 0.211. The maximum absolute atomic E-state index is 12.0. The van der Waals surface area contributed by atoms with E-state index in [1.54, 1.807) is 30.0 Å². The molecule has 0 radical (unpaired) electrons. The molecule has 0 saturated heterocycles. The van der Waals surface area contributed by atoms with Crippen LogP contribution in [0.3, 0.4) is 0 Å². The van der Waals surface area contributed by atoms with Gasteiger partial charge in [-0.05, 0) is 31.0 Å². The van der Waals surface area contributed by atoms with Crippen LogP contribution in [-0.2, 0) is 10.2 Å². The van der Waals surface area contributed by atoms with Crippen molar-refractivity contribution in [3.63, 3.8) is 0 Å². The van der Waals surface area contributed by atoms with Crippen molar-refractivity contribution in [3.8, 4) is 11.4 Å². The minimum atomic E-state index is -0.676. The second-order valence-corrected chi connectivity index (χ2v) is 7.27. The molecule has 1 amide bonds. The van der Waals surface area contributed by atoms with Crippen LogP contribution in [0.2, 0.25) is 5.15 Å². The summed E-state index contributed by atoms with van der Waals surface area (Å²) in [5, 5.41) is 9.73. The molecule has 0 unspecified atom stereocenters. The van der Waals surface area contributed by atoms with E-state index in [2.05, 4.69) is 25.4 Å². The van der Waals surface area contributed by atoms with Gasteiger partial charge in [0, 0.05) is 35.8 Å². The Morgan fingerprint density at radius 3 is 2.75 bits per heavy atom. The van der Waals surface area contributed by atoms with Crippen molar-refractivity contribution in [1.82, 2.24) is 24.6 Å². The van der Waals surface area contributed by atoms with Gasteiger partial charge in [-0.1, -0.05) is 17.7 Å². The minimum Gasteiger partial charge on any atom is -0.373 e. The Morgan fingerprint density at radius 1 is 1.25 bits per heavy atom. The monoisotopic (exact) mass is 393 g/mol. The first kappa shape index (κ1) is 16.9. The Kier molecular flexibility index (Phi) is 3.54. The Labute approximate surface area is 164 Å². The Bertz CT molecular complexity index is 1260. The quantitative estimate of drug-likeness (QED) is 0.515. The number of hydrogen-bond acceptors (Lipinski definition) is 6. The van der Waals surface area contributed by atoms with Crippen LogP contribution in [0.1, 0.15) is 18.5 Å². The second-order valence-electron chi connectivity index (χ2n) is 6.89.